The van der Waals surface area contributed by atoms with E-state index in [-0.39, 0.29) is 0 Å². The predicted molar refractivity (Wildman–Crippen MR) is 53.5 cm³/mol. The van der Waals surface area contributed by atoms with Gasteiger partial charge in [-0.15, -0.1) is 0 Å². The van der Waals surface area contributed by atoms with Crippen molar-refractivity contribution in [2.75, 3.05) is 0 Å². The van der Waals surface area contributed by atoms with Crippen LogP contribution in [-0.4, -0.2) is 0 Å². The second kappa shape index (κ2) is 4.14. The van der Waals surface area contributed by atoms with Crippen molar-refractivity contribution >= 4 is 22.0 Å². The fraction of sp³-hybridized carbons (Fsp3) is 0. The molecule has 0 radical (unpaired) electrons. The summed E-state index contributed by atoms with van der Waals surface area (Å²) in [6, 6.07) is 10.1. The van der Waals surface area contributed by atoms with Crippen LogP contribution in [0.25, 0.3) is 6.08 Å². The molecule has 1 rings (SSSR count). The Morgan fingerprint density at radius 2 is 1.91 bits per heavy atom. The average Bonchev–Trinajstić information content (AvgIpc) is 2.06. The number of allylic oxidation sites excluding steroid dienone is 2. The first kappa shape index (κ1) is 8.28. The molecule has 11 heavy (non-hydrogen) atoms. The Kier molecular flexibility index (Phi) is 3.12. The molecule has 0 fully saturated rings. The summed E-state index contributed by atoms with van der Waals surface area (Å²) in [5, 5.41) is 0. The van der Waals surface area contributed by atoms with Crippen LogP contribution < -0.4 is 0 Å². The van der Waals surface area contributed by atoms with E-state index in [1.54, 1.807) is 6.08 Å². The maximum atomic E-state index is 3.64. The van der Waals surface area contributed by atoms with Crippen molar-refractivity contribution < 1.29 is 0 Å². The third kappa shape index (κ3) is 2.72. The molecule has 0 aliphatic rings. The van der Waals surface area contributed by atoms with Crippen molar-refractivity contribution in [3.05, 3.63) is 53.0 Å². The van der Waals surface area contributed by atoms with Gasteiger partial charge in [-0.3, -0.25) is 0 Å². The zero-order valence-corrected chi connectivity index (χ0v) is 7.71. The summed E-state index contributed by atoms with van der Waals surface area (Å²) >= 11 is 3.36. The zero-order valence-electron chi connectivity index (χ0n) is 6.13. The van der Waals surface area contributed by atoms with E-state index in [4.69, 9.17) is 0 Å². The number of hydrogen-bond acceptors (Lipinski definition) is 0. The molecule has 1 aromatic carbocycles. The van der Waals surface area contributed by atoms with Gasteiger partial charge in [0.25, 0.3) is 0 Å². The molecular weight excluding hydrogens is 200 g/mol. The fourth-order valence-electron chi connectivity index (χ4n) is 0.767. The van der Waals surface area contributed by atoms with E-state index in [0.29, 0.717) is 0 Å². The summed E-state index contributed by atoms with van der Waals surface area (Å²) < 4.78 is 1.00. The van der Waals surface area contributed by atoms with Crippen LogP contribution in [0.2, 0.25) is 0 Å². The third-order valence-electron chi connectivity index (χ3n) is 1.30. The Morgan fingerprint density at radius 3 is 2.45 bits per heavy atom. The highest BCUT2D eigenvalue weighted by Crippen LogP contribution is 2.11. The Balaban J connectivity index is 2.87. The van der Waals surface area contributed by atoms with Crippen LogP contribution in [0.1, 0.15) is 5.56 Å². The number of halogens is 1. The lowest BCUT2D eigenvalue weighted by Crippen LogP contribution is -1.68. The van der Waals surface area contributed by atoms with Crippen molar-refractivity contribution in [3.8, 4) is 0 Å². The highest BCUT2D eigenvalue weighted by molar-refractivity contribution is 9.12. The number of benzene rings is 1. The van der Waals surface area contributed by atoms with E-state index in [1.807, 2.05) is 36.4 Å². The van der Waals surface area contributed by atoms with Gasteiger partial charge in [0.15, 0.2) is 0 Å². The molecule has 1 heteroatoms. The molecule has 0 bridgehead atoms. The first-order valence-corrected chi connectivity index (χ1v) is 4.17. The van der Waals surface area contributed by atoms with Crippen LogP contribution in [-0.2, 0) is 0 Å². The van der Waals surface area contributed by atoms with Crippen molar-refractivity contribution in [2.45, 2.75) is 0 Å². The largest absolute Gasteiger partial charge is 0.0979 e. The zero-order chi connectivity index (χ0) is 8.10. The van der Waals surface area contributed by atoms with Crippen molar-refractivity contribution in [1.29, 1.82) is 0 Å². The molecular formula is C10H9Br. The fourth-order valence-corrected chi connectivity index (χ4v) is 1.03. The molecule has 0 saturated heterocycles. The summed E-state index contributed by atoms with van der Waals surface area (Å²) in [4.78, 5) is 0. The topological polar surface area (TPSA) is 0 Å². The minimum Gasteiger partial charge on any atom is -0.0979 e. The van der Waals surface area contributed by atoms with Gasteiger partial charge >= 0.3 is 0 Å². The molecule has 1 aromatic rings. The van der Waals surface area contributed by atoms with Gasteiger partial charge in [-0.05, 0) is 11.6 Å². The normalized spacial score (nSPS) is 11.2. The summed E-state index contributed by atoms with van der Waals surface area (Å²) in [5.74, 6) is 0. The summed E-state index contributed by atoms with van der Waals surface area (Å²) in [6.45, 7) is 3.64. The molecule has 0 nitrogen and oxygen atoms in total. The second-order valence-electron chi connectivity index (χ2n) is 2.14. The van der Waals surface area contributed by atoms with Gasteiger partial charge in [0, 0.05) is 4.48 Å². The van der Waals surface area contributed by atoms with Gasteiger partial charge in [0.2, 0.25) is 0 Å². The number of rotatable bonds is 2. The molecule has 0 amide bonds. The van der Waals surface area contributed by atoms with Crippen molar-refractivity contribution in [2.24, 2.45) is 0 Å². The Morgan fingerprint density at radius 1 is 1.27 bits per heavy atom. The molecule has 0 spiro atoms. The van der Waals surface area contributed by atoms with Gasteiger partial charge < -0.3 is 0 Å². The van der Waals surface area contributed by atoms with Crippen LogP contribution in [0, 0.1) is 0 Å². The van der Waals surface area contributed by atoms with Crippen LogP contribution in [0.5, 0.6) is 0 Å². The molecule has 0 aromatic heterocycles. The van der Waals surface area contributed by atoms with E-state index < -0.39 is 0 Å². The molecule has 0 aliphatic carbocycles. The van der Waals surface area contributed by atoms with Gasteiger partial charge in [-0.1, -0.05) is 58.9 Å². The summed E-state index contributed by atoms with van der Waals surface area (Å²) in [7, 11) is 0. The predicted octanol–water partition coefficient (Wildman–Crippen LogP) is 3.61. The molecule has 56 valence electrons. The van der Waals surface area contributed by atoms with Gasteiger partial charge in [0.1, 0.15) is 0 Å². The molecule has 0 aliphatic heterocycles. The Hall–Kier alpha value is -0.820. The average molecular weight is 209 g/mol. The van der Waals surface area contributed by atoms with Crippen molar-refractivity contribution in [3.63, 3.8) is 0 Å². The molecule has 0 saturated carbocycles. The minimum absolute atomic E-state index is 1.00. The van der Waals surface area contributed by atoms with E-state index in [0.717, 1.165) is 4.48 Å². The van der Waals surface area contributed by atoms with E-state index in [1.165, 1.54) is 5.56 Å². The van der Waals surface area contributed by atoms with Crippen LogP contribution in [0.4, 0.5) is 0 Å². The molecule has 0 atom stereocenters. The highest BCUT2D eigenvalue weighted by Gasteiger charge is 1.85. The lowest BCUT2D eigenvalue weighted by Gasteiger charge is -1.91. The monoisotopic (exact) mass is 208 g/mol. The number of hydrogen-bond donors (Lipinski definition) is 0. The van der Waals surface area contributed by atoms with E-state index in [2.05, 4.69) is 22.5 Å². The van der Waals surface area contributed by atoms with E-state index in [9.17, 15) is 0 Å². The van der Waals surface area contributed by atoms with Crippen molar-refractivity contribution in [1.82, 2.24) is 0 Å². The first-order chi connectivity index (χ1) is 5.33. The highest BCUT2D eigenvalue weighted by atomic mass is 79.9. The lowest BCUT2D eigenvalue weighted by molar-refractivity contribution is 1.66. The third-order valence-corrected chi connectivity index (χ3v) is 1.85. The Bertz CT molecular complexity index is 259. The maximum Gasteiger partial charge on any atom is 0.0175 e. The van der Waals surface area contributed by atoms with E-state index >= 15 is 0 Å². The quantitative estimate of drug-likeness (QED) is 0.652. The summed E-state index contributed by atoms with van der Waals surface area (Å²) in [5.41, 5.74) is 1.18. The second-order valence-corrected chi connectivity index (χ2v) is 3.06. The minimum atomic E-state index is 1.00. The molecule has 0 N–H and O–H groups in total. The standard InChI is InChI=1S/C10H9Br/c1-2-10(11)8-9-6-4-3-5-7-9/h2-8H,1H2/b10-8+. The van der Waals surface area contributed by atoms with Gasteiger partial charge in [-0.25, -0.2) is 0 Å². The lowest BCUT2D eigenvalue weighted by atomic mass is 10.2. The first-order valence-electron chi connectivity index (χ1n) is 3.37. The van der Waals surface area contributed by atoms with Crippen LogP contribution in [0.3, 0.4) is 0 Å². The molecule has 0 heterocycles. The SMILES string of the molecule is C=C/C(Br)=C\c1ccccc1. The van der Waals surface area contributed by atoms with Gasteiger partial charge in [0.05, 0.1) is 0 Å². The van der Waals surface area contributed by atoms with Gasteiger partial charge in [-0.2, -0.15) is 0 Å². The van der Waals surface area contributed by atoms with Crippen LogP contribution >= 0.6 is 15.9 Å². The summed E-state index contributed by atoms with van der Waals surface area (Å²) in [6.07, 6.45) is 3.79. The smallest absolute Gasteiger partial charge is 0.0175 e. The van der Waals surface area contributed by atoms with Crippen LogP contribution in [0.15, 0.2) is 47.5 Å². The maximum absolute atomic E-state index is 3.64. The molecule has 0 unspecified atom stereocenters. The Labute approximate surface area is 75.4 Å².